The number of ether oxygens (including phenoxy) is 7. The van der Waals surface area contributed by atoms with E-state index in [-0.39, 0.29) is 39.0 Å². The summed E-state index contributed by atoms with van der Waals surface area (Å²) in [5, 5.41) is 13.1. The van der Waals surface area contributed by atoms with Crippen molar-refractivity contribution in [2.45, 2.75) is 82.1 Å². The summed E-state index contributed by atoms with van der Waals surface area (Å²) in [6.07, 6.45) is -6.48. The Balaban J connectivity index is 1.05. The van der Waals surface area contributed by atoms with E-state index in [1.807, 2.05) is 170 Å². The van der Waals surface area contributed by atoms with E-state index in [2.05, 4.69) is 5.32 Å². The number of carbonyl (C=O) groups excluding carboxylic acids is 1. The Morgan fingerprint density at radius 2 is 1.00 bits per heavy atom. The second-order valence-electron chi connectivity index (χ2n) is 16.0. The van der Waals surface area contributed by atoms with Crippen molar-refractivity contribution in [1.29, 1.82) is 0 Å². The van der Waals surface area contributed by atoms with Gasteiger partial charge < -0.3 is 43.6 Å². The Morgan fingerprint density at radius 3 is 1.50 bits per heavy atom. The Morgan fingerprint density at radius 1 is 0.562 bits per heavy atom. The van der Waals surface area contributed by atoms with Crippen molar-refractivity contribution in [3.63, 3.8) is 0 Å². The van der Waals surface area contributed by atoms with Crippen molar-refractivity contribution in [2.24, 2.45) is 0 Å². The first kappa shape index (κ1) is 44.4. The molecule has 6 aromatic carbocycles. The average molecular weight is 864 g/mol. The Hall–Kier alpha value is -6.18. The summed E-state index contributed by atoms with van der Waals surface area (Å²) in [6.45, 7) is 2.59. The predicted octanol–water partition coefficient (Wildman–Crippen LogP) is 9.08. The van der Waals surface area contributed by atoms with E-state index in [0.29, 0.717) is 6.61 Å². The van der Waals surface area contributed by atoms with E-state index in [1.165, 1.54) is 0 Å². The fraction of sp³-hybridized carbons (Fsp3) is 0.283. The van der Waals surface area contributed by atoms with Crippen molar-refractivity contribution in [2.75, 3.05) is 13.2 Å². The van der Waals surface area contributed by atoms with Crippen LogP contribution in [0.3, 0.4) is 0 Å². The normalized spacial score (nSPS) is 20.1. The van der Waals surface area contributed by atoms with E-state index < -0.39 is 54.9 Å². The van der Waals surface area contributed by atoms with E-state index in [1.54, 1.807) is 6.92 Å². The van der Waals surface area contributed by atoms with Crippen LogP contribution in [0.5, 0.6) is 0 Å². The fourth-order valence-corrected chi connectivity index (χ4v) is 8.29. The van der Waals surface area contributed by atoms with Gasteiger partial charge in [-0.25, -0.2) is 9.59 Å². The maximum Gasteiger partial charge on any atom is 0.407 e. The second kappa shape index (κ2) is 21.9. The summed E-state index contributed by atoms with van der Waals surface area (Å²) in [7, 11) is 0. The highest BCUT2D eigenvalue weighted by Gasteiger charge is 2.50. The molecule has 1 saturated heterocycles. The highest BCUT2D eigenvalue weighted by molar-refractivity contribution is 5.81. The molecule has 1 heterocycles. The number of aliphatic carboxylic acids is 1. The molecule has 6 aromatic rings. The lowest BCUT2D eigenvalue weighted by Gasteiger charge is -2.46. The van der Waals surface area contributed by atoms with Crippen LogP contribution in [-0.2, 0) is 64.4 Å². The number of nitrogens with one attached hydrogen (secondary N) is 1. The Labute approximate surface area is 373 Å². The molecule has 8 rings (SSSR count). The molecule has 1 aliphatic carbocycles. The number of rotatable bonds is 20. The van der Waals surface area contributed by atoms with Crippen LogP contribution in [0.25, 0.3) is 11.1 Å². The van der Waals surface area contributed by atoms with Crippen molar-refractivity contribution in [1.82, 2.24) is 5.32 Å². The molecule has 0 radical (unpaired) electrons. The van der Waals surface area contributed by atoms with Crippen LogP contribution < -0.4 is 5.32 Å². The molecule has 0 aromatic heterocycles. The molecule has 330 valence electrons. The number of carbonyl (C=O) groups is 2. The van der Waals surface area contributed by atoms with E-state index in [4.69, 9.17) is 33.2 Å². The van der Waals surface area contributed by atoms with Crippen LogP contribution in [-0.4, -0.2) is 73.2 Å². The first-order valence-electron chi connectivity index (χ1n) is 21.6. The maximum atomic E-state index is 13.5. The van der Waals surface area contributed by atoms with Gasteiger partial charge in [-0.2, -0.15) is 0 Å². The SMILES string of the molecule is C[C@@H](O[C@H]1O[C@H](COCc2ccccc2)[C@@H](OCc2ccccc2)[C@H](OCc2ccccc2)[C@@H]1OCc1ccccc1)[C@H](NC(=O)OCC1c2ccccc2-c2ccccc21)C(=O)O. The highest BCUT2D eigenvalue weighted by atomic mass is 16.7. The third-order valence-electron chi connectivity index (χ3n) is 11.5. The monoisotopic (exact) mass is 863 g/mol. The van der Waals surface area contributed by atoms with Crippen molar-refractivity contribution in [3.8, 4) is 11.1 Å². The zero-order chi connectivity index (χ0) is 44.1. The molecular weight excluding hydrogens is 811 g/mol. The van der Waals surface area contributed by atoms with Crippen LogP contribution in [0.15, 0.2) is 170 Å². The topological polar surface area (TPSA) is 131 Å². The summed E-state index contributed by atoms with van der Waals surface area (Å²) >= 11 is 0. The smallest absolute Gasteiger partial charge is 0.407 e. The number of hydrogen-bond donors (Lipinski definition) is 2. The molecule has 64 heavy (non-hydrogen) atoms. The van der Waals surface area contributed by atoms with Gasteiger partial charge >= 0.3 is 12.1 Å². The molecule has 0 spiro atoms. The lowest BCUT2D eigenvalue weighted by atomic mass is 9.97. The molecule has 2 aliphatic rings. The molecular formula is C53H53NO10. The van der Waals surface area contributed by atoms with Crippen LogP contribution in [0.1, 0.15) is 46.2 Å². The largest absolute Gasteiger partial charge is 0.480 e. The fourth-order valence-electron chi connectivity index (χ4n) is 8.29. The molecule has 1 amide bonds. The van der Waals surface area contributed by atoms with Gasteiger partial charge in [0.15, 0.2) is 12.3 Å². The van der Waals surface area contributed by atoms with Gasteiger partial charge in [0.2, 0.25) is 0 Å². The van der Waals surface area contributed by atoms with E-state index in [0.717, 1.165) is 44.5 Å². The molecule has 7 atom stereocenters. The number of hydrogen-bond acceptors (Lipinski definition) is 9. The zero-order valence-corrected chi connectivity index (χ0v) is 35.6. The van der Waals surface area contributed by atoms with Crippen LogP contribution in [0.4, 0.5) is 4.79 Å². The van der Waals surface area contributed by atoms with Crippen LogP contribution in [0.2, 0.25) is 0 Å². The maximum absolute atomic E-state index is 13.5. The van der Waals surface area contributed by atoms with Gasteiger partial charge in [0.05, 0.1) is 39.1 Å². The summed E-state index contributed by atoms with van der Waals surface area (Å²) in [5.74, 6) is -1.53. The Kier molecular flexibility index (Phi) is 15.2. The molecule has 0 saturated carbocycles. The van der Waals surface area contributed by atoms with Gasteiger partial charge in [0.25, 0.3) is 0 Å². The number of fused-ring (bicyclic) bond motifs is 3. The van der Waals surface area contributed by atoms with Crippen molar-refractivity contribution in [3.05, 3.63) is 203 Å². The molecule has 2 N–H and O–H groups in total. The molecule has 0 unspecified atom stereocenters. The van der Waals surface area contributed by atoms with Crippen molar-refractivity contribution >= 4 is 12.1 Å². The molecule has 1 aliphatic heterocycles. The number of carboxylic acid groups (broad SMARTS) is 1. The summed E-state index contributed by atoms with van der Waals surface area (Å²) in [5.41, 5.74) is 7.99. The van der Waals surface area contributed by atoms with E-state index >= 15 is 0 Å². The first-order valence-corrected chi connectivity index (χ1v) is 21.6. The zero-order valence-electron chi connectivity index (χ0n) is 35.6. The number of benzene rings is 6. The minimum atomic E-state index is -1.53. The van der Waals surface area contributed by atoms with Crippen molar-refractivity contribution < 1.29 is 47.9 Å². The Bertz CT molecular complexity index is 2340. The van der Waals surface area contributed by atoms with Gasteiger partial charge in [-0.1, -0.05) is 170 Å². The molecule has 11 nitrogen and oxygen atoms in total. The van der Waals surface area contributed by atoms with Crippen LogP contribution in [0, 0.1) is 0 Å². The third kappa shape index (κ3) is 11.3. The quantitative estimate of drug-likeness (QED) is 0.0767. The predicted molar refractivity (Wildman–Crippen MR) is 240 cm³/mol. The second-order valence-corrected chi connectivity index (χ2v) is 16.0. The number of alkyl carbamates (subject to hydrolysis) is 1. The molecule has 0 bridgehead atoms. The summed E-state index contributed by atoms with van der Waals surface area (Å²) < 4.78 is 45.7. The average Bonchev–Trinajstić information content (AvgIpc) is 3.65. The first-order chi connectivity index (χ1) is 31.4. The highest BCUT2D eigenvalue weighted by Crippen LogP contribution is 2.44. The van der Waals surface area contributed by atoms with Gasteiger partial charge in [-0.3, -0.25) is 0 Å². The van der Waals surface area contributed by atoms with Gasteiger partial charge in [-0.15, -0.1) is 0 Å². The standard InChI is InChI=1S/C53H53NO10/c1-36(47(51(55)56)54-53(57)62-34-45-43-28-16-14-26-41(43)42-27-15-17-29-44(42)45)63-52-50(61-33-40-24-12-5-13-25-40)49(60-32-39-22-10-4-11-23-39)48(59-31-38-20-8-3-9-21-38)46(64-52)35-58-30-37-18-6-2-7-19-37/h2-29,36,45-50,52H,30-35H2,1H3,(H,54,57)(H,55,56)/t36-,46-,47+,48-,49+,50+,52+/m1/s1. The summed E-state index contributed by atoms with van der Waals surface area (Å²) in [4.78, 5) is 26.4. The van der Waals surface area contributed by atoms with Gasteiger partial charge in [-0.05, 0) is 51.4 Å². The van der Waals surface area contributed by atoms with Crippen LogP contribution >= 0.6 is 0 Å². The van der Waals surface area contributed by atoms with Gasteiger partial charge in [0.1, 0.15) is 31.0 Å². The minimum absolute atomic E-state index is 0.0119. The van der Waals surface area contributed by atoms with E-state index in [9.17, 15) is 14.7 Å². The molecule has 11 heteroatoms. The number of amides is 1. The lowest BCUT2D eigenvalue weighted by molar-refractivity contribution is -0.336. The number of carboxylic acids is 1. The molecule has 1 fully saturated rings. The summed E-state index contributed by atoms with van der Waals surface area (Å²) in [6, 6.07) is 53.5. The van der Waals surface area contributed by atoms with Gasteiger partial charge in [0, 0.05) is 5.92 Å². The third-order valence-corrected chi connectivity index (χ3v) is 11.5. The minimum Gasteiger partial charge on any atom is -0.480 e. The lowest BCUT2D eigenvalue weighted by Crippen LogP contribution is -2.63.